The highest BCUT2D eigenvalue weighted by Crippen LogP contribution is 2.15. The molecule has 0 spiro atoms. The van der Waals surface area contributed by atoms with Gasteiger partial charge in [0.1, 0.15) is 12.4 Å². The first-order valence-electron chi connectivity index (χ1n) is 5.64. The zero-order valence-electron chi connectivity index (χ0n) is 10.9. The predicted octanol–water partition coefficient (Wildman–Crippen LogP) is 2.93. The molecule has 1 rings (SSSR count). The van der Waals surface area contributed by atoms with Crippen molar-refractivity contribution in [2.24, 2.45) is 10.7 Å². The maximum atomic E-state index is 5.66. The lowest BCUT2D eigenvalue weighted by Crippen LogP contribution is -2.34. The fourth-order valence-electron chi connectivity index (χ4n) is 1.15. The van der Waals surface area contributed by atoms with E-state index in [0.717, 1.165) is 15.8 Å². The molecule has 0 heterocycles. The van der Waals surface area contributed by atoms with Crippen LogP contribution >= 0.6 is 39.9 Å². The van der Waals surface area contributed by atoms with Gasteiger partial charge in [0.05, 0.1) is 13.1 Å². The van der Waals surface area contributed by atoms with Crippen molar-refractivity contribution in [1.29, 1.82) is 0 Å². The van der Waals surface area contributed by atoms with Crippen molar-refractivity contribution in [2.45, 2.75) is 6.92 Å². The maximum Gasteiger partial charge on any atom is 0.189 e. The molecule has 19 heavy (non-hydrogen) atoms. The maximum absolute atomic E-state index is 5.66. The normalized spacial score (nSPS) is 10.5. The standard InChI is InChI=1S/C13H18BrN3O.HI/c1-10(2)9-17-13(15)16-7-8-18-12-5-3-11(14)4-6-12;/h3-6H,1,7-9H2,2H3,(H3,15,16,17);1H. The molecule has 0 unspecified atom stereocenters. The van der Waals surface area contributed by atoms with Crippen LogP contribution in [0.1, 0.15) is 6.92 Å². The van der Waals surface area contributed by atoms with E-state index in [4.69, 9.17) is 10.5 Å². The number of ether oxygens (including phenoxy) is 1. The summed E-state index contributed by atoms with van der Waals surface area (Å²) in [5.74, 6) is 1.25. The van der Waals surface area contributed by atoms with Crippen molar-refractivity contribution < 1.29 is 4.74 Å². The molecular formula is C13H19BrIN3O. The summed E-state index contributed by atoms with van der Waals surface area (Å²) < 4.78 is 6.56. The van der Waals surface area contributed by atoms with Crippen LogP contribution in [0.2, 0.25) is 0 Å². The van der Waals surface area contributed by atoms with E-state index in [1.54, 1.807) is 0 Å². The molecule has 6 heteroatoms. The molecule has 0 aliphatic rings. The summed E-state index contributed by atoms with van der Waals surface area (Å²) in [5.41, 5.74) is 6.63. The van der Waals surface area contributed by atoms with Crippen molar-refractivity contribution in [1.82, 2.24) is 5.32 Å². The highest BCUT2D eigenvalue weighted by atomic mass is 127. The molecule has 1 aromatic carbocycles. The Bertz CT molecular complexity index is 420. The molecule has 0 amide bonds. The molecule has 0 saturated carbocycles. The first-order chi connectivity index (χ1) is 8.58. The van der Waals surface area contributed by atoms with Crippen LogP contribution in [0.15, 0.2) is 45.9 Å². The van der Waals surface area contributed by atoms with Crippen LogP contribution in [-0.4, -0.2) is 25.7 Å². The Morgan fingerprint density at radius 3 is 2.63 bits per heavy atom. The highest BCUT2D eigenvalue weighted by molar-refractivity contribution is 14.0. The minimum atomic E-state index is 0. The van der Waals surface area contributed by atoms with E-state index < -0.39 is 0 Å². The van der Waals surface area contributed by atoms with E-state index >= 15 is 0 Å². The summed E-state index contributed by atoms with van der Waals surface area (Å²) >= 11 is 3.37. The number of nitrogens with zero attached hydrogens (tertiary/aromatic N) is 1. The van der Waals surface area contributed by atoms with E-state index in [1.807, 2.05) is 31.2 Å². The first-order valence-corrected chi connectivity index (χ1v) is 6.44. The summed E-state index contributed by atoms with van der Waals surface area (Å²) in [6, 6.07) is 7.68. The third kappa shape index (κ3) is 8.88. The average molecular weight is 440 g/mol. The lowest BCUT2D eigenvalue weighted by Gasteiger charge is -2.08. The Hall–Kier alpha value is -0.760. The first kappa shape index (κ1) is 18.2. The quantitative estimate of drug-likeness (QED) is 0.235. The van der Waals surface area contributed by atoms with Crippen molar-refractivity contribution in [2.75, 3.05) is 19.7 Å². The second-order valence-electron chi connectivity index (χ2n) is 3.89. The molecule has 0 radical (unpaired) electrons. The Morgan fingerprint density at radius 2 is 2.05 bits per heavy atom. The van der Waals surface area contributed by atoms with Gasteiger partial charge in [-0.05, 0) is 31.2 Å². The number of hydrogen-bond donors (Lipinski definition) is 2. The molecule has 0 aliphatic carbocycles. The molecular weight excluding hydrogens is 421 g/mol. The second-order valence-corrected chi connectivity index (χ2v) is 4.80. The van der Waals surface area contributed by atoms with Crippen LogP contribution in [-0.2, 0) is 0 Å². The van der Waals surface area contributed by atoms with Crippen LogP contribution < -0.4 is 15.8 Å². The Kier molecular flexibility index (Phi) is 9.68. The number of rotatable bonds is 6. The third-order valence-electron chi connectivity index (χ3n) is 2.01. The lowest BCUT2D eigenvalue weighted by atomic mass is 10.3. The number of nitrogens with two attached hydrogens (primary N) is 1. The fraction of sp³-hybridized carbons (Fsp3) is 0.308. The summed E-state index contributed by atoms with van der Waals surface area (Å²) in [5, 5.41) is 2.97. The van der Waals surface area contributed by atoms with Crippen molar-refractivity contribution in [3.8, 4) is 5.75 Å². The summed E-state index contributed by atoms with van der Waals surface area (Å²) in [7, 11) is 0. The van der Waals surface area contributed by atoms with Crippen molar-refractivity contribution in [3.63, 3.8) is 0 Å². The minimum Gasteiger partial charge on any atom is -0.492 e. The van der Waals surface area contributed by atoms with Crippen molar-refractivity contribution >= 4 is 45.9 Å². The fourth-order valence-corrected chi connectivity index (χ4v) is 1.42. The predicted molar refractivity (Wildman–Crippen MR) is 94.4 cm³/mol. The number of benzene rings is 1. The zero-order chi connectivity index (χ0) is 13.4. The van der Waals surface area contributed by atoms with Crippen LogP contribution in [0.25, 0.3) is 0 Å². The van der Waals surface area contributed by atoms with E-state index in [9.17, 15) is 0 Å². The van der Waals surface area contributed by atoms with Gasteiger partial charge in [0.2, 0.25) is 0 Å². The number of halogens is 2. The second kappa shape index (κ2) is 10.1. The number of aliphatic imine (C=N–C) groups is 1. The summed E-state index contributed by atoms with van der Waals surface area (Å²) in [4.78, 5) is 4.10. The van der Waals surface area contributed by atoms with Crippen molar-refractivity contribution in [3.05, 3.63) is 40.9 Å². The molecule has 106 valence electrons. The molecule has 0 atom stereocenters. The highest BCUT2D eigenvalue weighted by Gasteiger charge is 1.94. The Balaban J connectivity index is 0.00000324. The molecule has 0 aromatic heterocycles. The van der Waals surface area contributed by atoms with Gasteiger partial charge in [-0.25, -0.2) is 4.99 Å². The van der Waals surface area contributed by atoms with Crippen LogP contribution in [0.3, 0.4) is 0 Å². The average Bonchev–Trinajstić information content (AvgIpc) is 2.34. The molecule has 1 aromatic rings. The van der Waals surface area contributed by atoms with Gasteiger partial charge in [0.15, 0.2) is 5.96 Å². The van der Waals surface area contributed by atoms with Gasteiger partial charge in [0, 0.05) is 4.47 Å². The molecule has 0 aliphatic heterocycles. The Labute approximate surface area is 139 Å². The lowest BCUT2D eigenvalue weighted by molar-refractivity contribution is 0.322. The Morgan fingerprint density at radius 1 is 1.42 bits per heavy atom. The molecule has 3 N–H and O–H groups in total. The van der Waals surface area contributed by atoms with Gasteiger partial charge in [-0.2, -0.15) is 0 Å². The van der Waals surface area contributed by atoms with Crippen LogP contribution in [0.5, 0.6) is 5.75 Å². The van der Waals surface area contributed by atoms with Gasteiger partial charge in [0.25, 0.3) is 0 Å². The van der Waals surface area contributed by atoms with Gasteiger partial charge in [-0.15, -0.1) is 24.0 Å². The molecule has 0 saturated heterocycles. The number of hydrogen-bond acceptors (Lipinski definition) is 2. The minimum absolute atomic E-state index is 0. The van der Waals surface area contributed by atoms with Gasteiger partial charge in [-0.1, -0.05) is 28.1 Å². The van der Waals surface area contributed by atoms with Gasteiger partial charge in [-0.3, -0.25) is 0 Å². The summed E-state index contributed by atoms with van der Waals surface area (Å²) in [6.07, 6.45) is 0. The molecule has 0 bridgehead atoms. The van der Waals surface area contributed by atoms with Crippen LogP contribution in [0, 0.1) is 0 Å². The smallest absolute Gasteiger partial charge is 0.189 e. The largest absolute Gasteiger partial charge is 0.492 e. The number of guanidine groups is 1. The van der Waals surface area contributed by atoms with E-state index in [-0.39, 0.29) is 24.0 Å². The third-order valence-corrected chi connectivity index (χ3v) is 2.54. The van der Waals surface area contributed by atoms with E-state index in [0.29, 0.717) is 25.7 Å². The van der Waals surface area contributed by atoms with E-state index in [1.165, 1.54) is 0 Å². The molecule has 4 nitrogen and oxygen atoms in total. The van der Waals surface area contributed by atoms with E-state index in [2.05, 4.69) is 32.8 Å². The summed E-state index contributed by atoms with van der Waals surface area (Å²) in [6.45, 7) is 7.35. The number of nitrogens with one attached hydrogen (secondary N) is 1. The van der Waals surface area contributed by atoms with Gasteiger partial charge >= 0.3 is 0 Å². The topological polar surface area (TPSA) is 59.6 Å². The van der Waals surface area contributed by atoms with Gasteiger partial charge < -0.3 is 15.8 Å². The zero-order valence-corrected chi connectivity index (χ0v) is 14.8. The SMILES string of the molecule is C=C(C)CN=C(N)NCCOc1ccc(Br)cc1.I. The van der Waals surface area contributed by atoms with Crippen LogP contribution in [0.4, 0.5) is 0 Å². The monoisotopic (exact) mass is 439 g/mol. The molecule has 0 fully saturated rings.